The molecule has 0 radical (unpaired) electrons. The third kappa shape index (κ3) is 7.29. The summed E-state index contributed by atoms with van der Waals surface area (Å²) in [6.07, 6.45) is 5.83. The van der Waals surface area contributed by atoms with Crippen LogP contribution in [0, 0.1) is 9.56 Å². The Morgan fingerprint density at radius 1 is 0.629 bits per heavy atom. The molecule has 4 aliphatic rings. The highest BCUT2D eigenvalue weighted by molar-refractivity contribution is 7.93. The van der Waals surface area contributed by atoms with Crippen LogP contribution < -0.4 is 20.4 Å². The van der Waals surface area contributed by atoms with Crippen molar-refractivity contribution < 1.29 is 17.9 Å². The van der Waals surface area contributed by atoms with Crippen LogP contribution in [0.1, 0.15) is 50.9 Å². The molecule has 6 heterocycles. The van der Waals surface area contributed by atoms with Crippen LogP contribution in [0.2, 0.25) is 0 Å². The summed E-state index contributed by atoms with van der Waals surface area (Å²) >= 11 is 0. The third-order valence-corrected chi connectivity index (χ3v) is 16.7. The van der Waals surface area contributed by atoms with Gasteiger partial charge < -0.3 is 29.9 Å². The van der Waals surface area contributed by atoms with Crippen molar-refractivity contribution in [2.45, 2.75) is 61.1 Å². The average molecular weight is 883 g/mol. The largest absolute Gasteiger partial charge is 0.377 e. The quantitative estimate of drug-likeness (QED) is 0.134. The Labute approximate surface area is 361 Å². The minimum Gasteiger partial charge on any atom is -0.377 e. The zero-order valence-corrected chi connectivity index (χ0v) is 37.6. The zero-order valence-electron chi connectivity index (χ0n) is 35.9. The van der Waals surface area contributed by atoms with Gasteiger partial charge in [0.05, 0.1) is 101 Å². The molecule has 2 aliphatic heterocycles. The van der Waals surface area contributed by atoms with Crippen molar-refractivity contribution in [1.29, 1.82) is 9.56 Å². The number of anilines is 4. The van der Waals surface area contributed by atoms with Crippen molar-refractivity contribution in [2.75, 3.05) is 86.6 Å². The number of morpholine rings is 2. The van der Waals surface area contributed by atoms with Crippen molar-refractivity contribution in [3.63, 3.8) is 0 Å². The van der Waals surface area contributed by atoms with Gasteiger partial charge in [-0.3, -0.25) is 9.56 Å². The molecular weight excluding hydrogens is 829 g/mol. The highest BCUT2D eigenvalue weighted by atomic mass is 32.2. The molecule has 18 nitrogen and oxygen atoms in total. The third-order valence-electron chi connectivity index (χ3n) is 12.5. The fourth-order valence-corrected chi connectivity index (χ4v) is 11.4. The first-order valence-corrected chi connectivity index (χ1v) is 24.9. The summed E-state index contributed by atoms with van der Waals surface area (Å²) in [5.41, 5.74) is 4.80. The van der Waals surface area contributed by atoms with Gasteiger partial charge in [0.2, 0.25) is 23.8 Å². The van der Waals surface area contributed by atoms with E-state index in [1.165, 1.54) is 12.5 Å². The number of hydrogen-bond acceptors (Lipinski definition) is 16. The van der Waals surface area contributed by atoms with Crippen molar-refractivity contribution in [3.8, 4) is 11.9 Å². The monoisotopic (exact) mass is 882 g/mol. The SMILES string of the molecule is CNc1nc2ccccc2n1-c1nc(N2CCOC[C@H]2C)cc(C2([S@@](C)(=N)=O)CC2)n1.CNc1nc2ccccc2n1-c1nc(N2CCOC[C@H]2C)cc(C2([S@](C)(=N)=O)CC2)n1. The molecule has 4 atom stereocenters. The lowest BCUT2D eigenvalue weighted by atomic mass is 10.2. The van der Waals surface area contributed by atoms with Crippen molar-refractivity contribution >= 4 is 65.1 Å². The van der Waals surface area contributed by atoms with E-state index in [0.29, 0.717) is 87.3 Å². The molecule has 328 valence electrons. The van der Waals surface area contributed by atoms with Crippen LogP contribution in [0.25, 0.3) is 34.0 Å². The molecule has 62 heavy (non-hydrogen) atoms. The standard InChI is InChI=1S/2C21H27N7O2S/c2*1-14-13-30-11-10-27(14)18-12-17(21(8-9-21)31(3,22)29)25-20(26-18)28-16-7-5-4-6-15(16)24-19(28)23-2/h2*4-7,12,14,22H,8-11,13H2,1-3H3,(H,23,24)/t14-,31+;14-,31-/m11/s1. The van der Waals surface area contributed by atoms with E-state index in [-0.39, 0.29) is 12.1 Å². The van der Waals surface area contributed by atoms with Crippen molar-refractivity contribution in [1.82, 2.24) is 39.0 Å². The van der Waals surface area contributed by atoms with Crippen molar-refractivity contribution in [2.24, 2.45) is 0 Å². The molecule has 0 bridgehead atoms. The maximum Gasteiger partial charge on any atom is 0.239 e. The van der Waals surface area contributed by atoms with Gasteiger partial charge in [-0.1, -0.05) is 24.3 Å². The number of para-hydroxylation sites is 4. The Kier molecular flexibility index (Phi) is 10.6. The molecule has 20 heteroatoms. The van der Waals surface area contributed by atoms with E-state index in [2.05, 4.69) is 44.2 Å². The summed E-state index contributed by atoms with van der Waals surface area (Å²) in [5.74, 6) is 3.74. The number of nitrogens with one attached hydrogen (secondary N) is 4. The fourth-order valence-electron chi connectivity index (χ4n) is 8.65. The highest BCUT2D eigenvalue weighted by Gasteiger charge is 2.54. The van der Waals surface area contributed by atoms with Crippen LogP contribution in [0.4, 0.5) is 23.5 Å². The second kappa shape index (κ2) is 15.7. The average Bonchev–Trinajstić information content (AvgIpc) is 4.19. The maximum absolute atomic E-state index is 12.9. The summed E-state index contributed by atoms with van der Waals surface area (Å²) < 4.78 is 56.1. The first-order chi connectivity index (χ1) is 29.7. The molecule has 6 aromatic rings. The number of benzene rings is 2. The number of rotatable bonds is 10. The molecule has 4 N–H and O–H groups in total. The summed E-state index contributed by atoms with van der Waals surface area (Å²) in [6, 6.07) is 19.8. The molecule has 0 amide bonds. The van der Waals surface area contributed by atoms with E-state index >= 15 is 0 Å². The first-order valence-electron chi connectivity index (χ1n) is 20.9. The lowest BCUT2D eigenvalue weighted by molar-refractivity contribution is 0.0984. The molecule has 4 fully saturated rings. The van der Waals surface area contributed by atoms with Gasteiger partial charge in [-0.15, -0.1) is 0 Å². The molecule has 4 aromatic heterocycles. The summed E-state index contributed by atoms with van der Waals surface area (Å²) in [5, 5.41) is 6.28. The van der Waals surface area contributed by atoms with Gasteiger partial charge in [0, 0.05) is 51.8 Å². The van der Waals surface area contributed by atoms with Crippen LogP contribution in [-0.2, 0) is 38.4 Å². The number of ether oxygens (including phenoxy) is 2. The first kappa shape index (κ1) is 41.9. The van der Waals surface area contributed by atoms with Gasteiger partial charge in [0.25, 0.3) is 0 Å². The number of imidazole rings is 2. The molecule has 2 saturated heterocycles. The molecule has 10 rings (SSSR count). The number of hydrogen-bond donors (Lipinski definition) is 4. The number of aromatic nitrogens is 8. The molecule has 0 unspecified atom stereocenters. The maximum atomic E-state index is 12.9. The van der Waals surface area contributed by atoms with Crippen molar-refractivity contribution in [3.05, 3.63) is 72.1 Å². The summed E-state index contributed by atoms with van der Waals surface area (Å²) in [7, 11) is -2.01. The molecule has 0 spiro atoms. The minimum absolute atomic E-state index is 0.157. The van der Waals surface area contributed by atoms with E-state index in [9.17, 15) is 8.42 Å². The van der Waals surface area contributed by atoms with E-state index in [0.717, 1.165) is 46.8 Å². The fraction of sp³-hybridized carbons (Fsp3) is 0.476. The van der Waals surface area contributed by atoms with Gasteiger partial charge in [0.15, 0.2) is 0 Å². The lowest BCUT2D eigenvalue weighted by Gasteiger charge is -2.34. The van der Waals surface area contributed by atoms with Crippen LogP contribution >= 0.6 is 0 Å². The second-order valence-electron chi connectivity index (χ2n) is 16.8. The Morgan fingerprint density at radius 2 is 1.02 bits per heavy atom. The van der Waals surface area contributed by atoms with Gasteiger partial charge in [-0.05, 0) is 63.8 Å². The Morgan fingerprint density at radius 3 is 1.35 bits per heavy atom. The van der Waals surface area contributed by atoms with E-state index in [1.807, 2.05) is 83.9 Å². The summed E-state index contributed by atoms with van der Waals surface area (Å²) in [6.45, 7) is 8.15. The van der Waals surface area contributed by atoms with E-state index < -0.39 is 29.0 Å². The topological polar surface area (TPSA) is 218 Å². The smallest absolute Gasteiger partial charge is 0.239 e. The highest BCUT2D eigenvalue weighted by Crippen LogP contribution is 2.53. The molecule has 2 aliphatic carbocycles. The van der Waals surface area contributed by atoms with Crippen LogP contribution in [-0.4, -0.2) is 126 Å². The van der Waals surface area contributed by atoms with Crippen LogP contribution in [0.15, 0.2) is 60.7 Å². The second-order valence-corrected chi connectivity index (χ2v) is 21.7. The lowest BCUT2D eigenvalue weighted by Crippen LogP contribution is -2.44. The normalized spacial score (nSPS) is 22.3. The van der Waals surface area contributed by atoms with Gasteiger partial charge in [-0.2, -0.15) is 9.97 Å². The van der Waals surface area contributed by atoms with E-state index in [1.54, 1.807) is 0 Å². The van der Waals surface area contributed by atoms with Gasteiger partial charge >= 0.3 is 0 Å². The van der Waals surface area contributed by atoms with E-state index in [4.69, 9.17) is 39.0 Å². The van der Waals surface area contributed by atoms with Gasteiger partial charge in [0.1, 0.15) is 11.6 Å². The molecule has 2 aromatic carbocycles. The Balaban J connectivity index is 0.000000158. The van der Waals surface area contributed by atoms with Crippen LogP contribution in [0.3, 0.4) is 0 Å². The number of fused-ring (bicyclic) bond motifs is 2. The molecular formula is C42H54N14O4S2. The Hall–Kier alpha value is -5.44. The van der Waals surface area contributed by atoms with Gasteiger partial charge in [-0.25, -0.2) is 37.5 Å². The Bertz CT molecular complexity index is 2700. The molecule has 2 saturated carbocycles. The predicted molar refractivity (Wildman–Crippen MR) is 243 cm³/mol. The summed E-state index contributed by atoms with van der Waals surface area (Å²) in [4.78, 5) is 33.3. The minimum atomic E-state index is -2.82. The number of nitrogens with zero attached hydrogens (tertiary/aromatic N) is 10. The zero-order chi connectivity index (χ0) is 43.6. The predicted octanol–water partition coefficient (Wildman–Crippen LogP) is 5.50. The van der Waals surface area contributed by atoms with Crippen LogP contribution in [0.5, 0.6) is 0 Å².